The fourth-order valence-electron chi connectivity index (χ4n) is 1.12. The lowest BCUT2D eigenvalue weighted by Gasteiger charge is -2.13. The summed E-state index contributed by atoms with van der Waals surface area (Å²) in [7, 11) is 0. The fourth-order valence-corrected chi connectivity index (χ4v) is 1.80. The van der Waals surface area contributed by atoms with Crippen LogP contribution in [0.5, 0.6) is 0 Å². The summed E-state index contributed by atoms with van der Waals surface area (Å²) in [6, 6.07) is 1.27. The van der Waals surface area contributed by atoms with Crippen LogP contribution in [0.2, 0.25) is 0 Å². The molecule has 0 spiro atoms. The number of carbonyl (C=O) groups excluding carboxylic acids is 1. The smallest absolute Gasteiger partial charge is 0.288 e. The molecule has 0 aromatic carbocycles. The minimum atomic E-state index is -0.533. The van der Waals surface area contributed by atoms with Crippen LogP contribution in [0.15, 0.2) is 16.0 Å². The molecule has 7 nitrogen and oxygen atoms in total. The van der Waals surface area contributed by atoms with E-state index in [0.29, 0.717) is 10.3 Å². The highest BCUT2D eigenvalue weighted by Crippen LogP contribution is 2.05. The summed E-state index contributed by atoms with van der Waals surface area (Å²) >= 11 is 6.19. The maximum atomic E-state index is 11.8. The number of thioether (sulfide) groups is 1. The zero-order valence-electron chi connectivity index (χ0n) is 10.7. The van der Waals surface area contributed by atoms with E-state index in [1.54, 1.807) is 6.26 Å². The fraction of sp³-hybridized carbons (Fsp3) is 0.400. The summed E-state index contributed by atoms with van der Waals surface area (Å²) in [4.78, 5) is 29.6. The summed E-state index contributed by atoms with van der Waals surface area (Å²) in [5.74, 6) is -0.533. The lowest BCUT2D eigenvalue weighted by molar-refractivity contribution is 0.0937. The Morgan fingerprint density at radius 1 is 1.47 bits per heavy atom. The Hall–Kier alpha value is -1.61. The minimum Gasteiger partial charge on any atom is -0.359 e. The van der Waals surface area contributed by atoms with E-state index in [1.807, 2.05) is 13.8 Å². The Morgan fingerprint density at radius 2 is 2.16 bits per heavy atom. The van der Waals surface area contributed by atoms with Gasteiger partial charge in [0.05, 0.1) is 0 Å². The topological polar surface area (TPSA) is 98.9 Å². The third kappa shape index (κ3) is 5.26. The highest BCUT2D eigenvalue weighted by molar-refractivity contribution is 7.98. The number of rotatable bonds is 3. The van der Waals surface area contributed by atoms with Crippen molar-refractivity contribution in [3.63, 3.8) is 0 Å². The summed E-state index contributed by atoms with van der Waals surface area (Å²) in [6.45, 7) is 3.83. The summed E-state index contributed by atoms with van der Waals surface area (Å²) in [5, 5.41) is 3.56. The van der Waals surface area contributed by atoms with Gasteiger partial charge < -0.3 is 10.3 Å². The molecule has 0 fully saturated rings. The van der Waals surface area contributed by atoms with Crippen molar-refractivity contribution >= 4 is 35.0 Å². The average Bonchev–Trinajstić information content (AvgIpc) is 2.34. The second kappa shape index (κ2) is 7.10. The molecule has 0 aliphatic heterocycles. The number of H-pyrrole nitrogens is 1. The van der Waals surface area contributed by atoms with Crippen molar-refractivity contribution in [1.82, 2.24) is 26.1 Å². The summed E-state index contributed by atoms with van der Waals surface area (Å²) in [6.07, 6.45) is 1.75. The third-order valence-corrected chi connectivity index (χ3v) is 2.66. The van der Waals surface area contributed by atoms with Gasteiger partial charge in [0, 0.05) is 12.1 Å². The third-order valence-electron chi connectivity index (χ3n) is 1.86. The van der Waals surface area contributed by atoms with Gasteiger partial charge in [-0.15, -0.1) is 0 Å². The van der Waals surface area contributed by atoms with Crippen molar-refractivity contribution in [3.8, 4) is 0 Å². The van der Waals surface area contributed by atoms with E-state index in [9.17, 15) is 9.59 Å². The van der Waals surface area contributed by atoms with Gasteiger partial charge in [-0.1, -0.05) is 11.8 Å². The molecule has 4 N–H and O–H groups in total. The second-order valence-electron chi connectivity index (χ2n) is 3.85. The van der Waals surface area contributed by atoms with Crippen LogP contribution < -0.4 is 21.7 Å². The number of carbonyl (C=O) groups is 1. The predicted octanol–water partition coefficient (Wildman–Crippen LogP) is 0.00910. The Morgan fingerprint density at radius 3 is 2.74 bits per heavy atom. The monoisotopic (exact) mass is 301 g/mol. The molecular weight excluding hydrogens is 286 g/mol. The van der Waals surface area contributed by atoms with Crippen molar-refractivity contribution in [2.24, 2.45) is 0 Å². The first kappa shape index (κ1) is 15.4. The number of amides is 1. The van der Waals surface area contributed by atoms with Gasteiger partial charge in [0.25, 0.3) is 11.5 Å². The number of hydrazine groups is 1. The lowest BCUT2D eigenvalue weighted by atomic mass is 10.4. The van der Waals surface area contributed by atoms with Gasteiger partial charge in [-0.05, 0) is 32.3 Å². The van der Waals surface area contributed by atoms with Crippen molar-refractivity contribution in [2.75, 3.05) is 6.26 Å². The van der Waals surface area contributed by atoms with Gasteiger partial charge in [0.2, 0.25) is 0 Å². The number of nitrogens with one attached hydrogen (secondary N) is 4. The first-order valence-electron chi connectivity index (χ1n) is 5.44. The maximum absolute atomic E-state index is 11.8. The van der Waals surface area contributed by atoms with Crippen molar-refractivity contribution in [2.45, 2.75) is 25.0 Å². The number of aromatic amines is 1. The van der Waals surface area contributed by atoms with Gasteiger partial charge >= 0.3 is 0 Å². The molecule has 0 saturated carbocycles. The van der Waals surface area contributed by atoms with E-state index in [2.05, 4.69) is 26.1 Å². The summed E-state index contributed by atoms with van der Waals surface area (Å²) in [5.41, 5.74) is 4.54. The van der Waals surface area contributed by atoms with Crippen LogP contribution in [-0.2, 0) is 0 Å². The lowest BCUT2D eigenvalue weighted by Crippen LogP contribution is -2.48. The Kier molecular flexibility index (Phi) is 5.77. The predicted molar refractivity (Wildman–Crippen MR) is 78.1 cm³/mol. The van der Waals surface area contributed by atoms with Gasteiger partial charge in [-0.2, -0.15) is 0 Å². The molecule has 1 rings (SSSR count). The normalized spacial score (nSPS) is 10.1. The van der Waals surface area contributed by atoms with Crippen molar-refractivity contribution in [1.29, 1.82) is 0 Å². The van der Waals surface area contributed by atoms with Crippen molar-refractivity contribution < 1.29 is 4.79 Å². The van der Waals surface area contributed by atoms with Crippen LogP contribution in [0.4, 0.5) is 0 Å². The van der Waals surface area contributed by atoms with Crippen LogP contribution in [0.3, 0.4) is 0 Å². The molecule has 0 unspecified atom stereocenters. The quantitative estimate of drug-likeness (QED) is 0.270. The van der Waals surface area contributed by atoms with Crippen LogP contribution >= 0.6 is 24.0 Å². The second-order valence-corrected chi connectivity index (χ2v) is 5.05. The molecule has 0 aliphatic carbocycles. The number of hydrogen-bond donors (Lipinski definition) is 4. The largest absolute Gasteiger partial charge is 0.359 e. The number of aromatic nitrogens is 2. The van der Waals surface area contributed by atoms with E-state index in [-0.39, 0.29) is 17.3 Å². The van der Waals surface area contributed by atoms with E-state index in [4.69, 9.17) is 12.2 Å². The van der Waals surface area contributed by atoms with Crippen LogP contribution in [0, 0.1) is 0 Å². The van der Waals surface area contributed by atoms with Gasteiger partial charge in [0.15, 0.2) is 10.3 Å². The first-order chi connectivity index (χ1) is 8.92. The molecule has 9 heteroatoms. The highest BCUT2D eigenvalue weighted by Gasteiger charge is 2.10. The molecular formula is C10H15N5O2S2. The van der Waals surface area contributed by atoms with E-state index in [1.165, 1.54) is 11.8 Å². The molecule has 1 amide bonds. The molecule has 0 aliphatic rings. The SMILES string of the molecule is CSc1nc(C(=O)NNC(=S)NC(C)C)cc(=O)[nH]1. The Bertz CT molecular complexity index is 529. The Labute approximate surface area is 119 Å². The maximum Gasteiger partial charge on any atom is 0.288 e. The number of hydrogen-bond acceptors (Lipinski definition) is 5. The molecule has 0 bridgehead atoms. The van der Waals surface area contributed by atoms with Crippen LogP contribution in [0.1, 0.15) is 24.3 Å². The molecule has 1 heterocycles. The zero-order chi connectivity index (χ0) is 14.4. The van der Waals surface area contributed by atoms with Gasteiger partial charge in [-0.25, -0.2) is 4.98 Å². The standard InChI is InChI=1S/C10H15N5O2S2/c1-5(2)11-9(18)15-14-8(17)6-4-7(16)13-10(12-6)19-3/h4-5H,1-3H3,(H,14,17)(H2,11,15,18)(H,12,13,16). The molecule has 104 valence electrons. The molecule has 19 heavy (non-hydrogen) atoms. The molecule has 0 saturated heterocycles. The Balaban J connectivity index is 2.66. The van der Waals surface area contributed by atoms with E-state index in [0.717, 1.165) is 6.07 Å². The molecule has 0 atom stereocenters. The number of thiocarbonyl (C=S) groups is 1. The van der Waals surface area contributed by atoms with Crippen LogP contribution in [-0.4, -0.2) is 33.3 Å². The molecule has 1 aromatic rings. The van der Waals surface area contributed by atoms with Crippen LogP contribution in [0.25, 0.3) is 0 Å². The molecule has 1 aromatic heterocycles. The number of nitrogens with zero attached hydrogens (tertiary/aromatic N) is 1. The minimum absolute atomic E-state index is 0.0212. The highest BCUT2D eigenvalue weighted by atomic mass is 32.2. The van der Waals surface area contributed by atoms with E-state index < -0.39 is 5.91 Å². The molecule has 0 radical (unpaired) electrons. The van der Waals surface area contributed by atoms with Gasteiger partial charge in [-0.3, -0.25) is 20.4 Å². The average molecular weight is 301 g/mol. The van der Waals surface area contributed by atoms with E-state index >= 15 is 0 Å². The first-order valence-corrected chi connectivity index (χ1v) is 7.08. The summed E-state index contributed by atoms with van der Waals surface area (Å²) < 4.78 is 0. The zero-order valence-corrected chi connectivity index (χ0v) is 12.4. The van der Waals surface area contributed by atoms with Gasteiger partial charge in [0.1, 0.15) is 5.69 Å². The van der Waals surface area contributed by atoms with Crippen molar-refractivity contribution in [3.05, 3.63) is 22.1 Å².